The highest BCUT2D eigenvalue weighted by Crippen LogP contribution is 2.27. The van der Waals surface area contributed by atoms with Crippen LogP contribution in [0.5, 0.6) is 0 Å². The first kappa shape index (κ1) is 17.2. The summed E-state index contributed by atoms with van der Waals surface area (Å²) in [5.41, 5.74) is 0.949. The van der Waals surface area contributed by atoms with Crippen molar-refractivity contribution in [2.75, 3.05) is 18.9 Å². The smallest absolute Gasteiger partial charge is 0.226 e. The van der Waals surface area contributed by atoms with Gasteiger partial charge in [0.2, 0.25) is 5.91 Å². The molecule has 7 heteroatoms. The van der Waals surface area contributed by atoms with Crippen LogP contribution in [0, 0.1) is 0 Å². The molecule has 0 aliphatic carbocycles. The number of thiazole rings is 1. The second-order valence-corrected chi connectivity index (χ2v) is 6.76. The fraction of sp³-hybridized carbons (Fsp3) is 0.333. The van der Waals surface area contributed by atoms with Gasteiger partial charge in [-0.15, -0.1) is 11.3 Å². The molecule has 2 aromatic rings. The zero-order valence-corrected chi connectivity index (χ0v) is 14.5. The van der Waals surface area contributed by atoms with Crippen LogP contribution in [-0.2, 0) is 11.2 Å². The molecule has 22 heavy (non-hydrogen) atoms. The molecule has 2 rings (SSSR count). The van der Waals surface area contributed by atoms with Crippen LogP contribution >= 0.6 is 34.5 Å². The fourth-order valence-electron chi connectivity index (χ4n) is 1.92. The van der Waals surface area contributed by atoms with Crippen molar-refractivity contribution in [3.63, 3.8) is 0 Å². The van der Waals surface area contributed by atoms with Gasteiger partial charge in [0, 0.05) is 34.0 Å². The van der Waals surface area contributed by atoms with E-state index < -0.39 is 0 Å². The van der Waals surface area contributed by atoms with E-state index in [1.54, 1.807) is 18.3 Å². The number of aromatic nitrogens is 1. The van der Waals surface area contributed by atoms with Gasteiger partial charge >= 0.3 is 0 Å². The van der Waals surface area contributed by atoms with Crippen molar-refractivity contribution in [3.8, 4) is 0 Å². The first-order chi connectivity index (χ1) is 10.6. The van der Waals surface area contributed by atoms with Crippen LogP contribution in [-0.4, -0.2) is 24.5 Å². The van der Waals surface area contributed by atoms with Crippen LogP contribution in [0.1, 0.15) is 23.3 Å². The van der Waals surface area contributed by atoms with E-state index in [4.69, 9.17) is 23.2 Å². The monoisotopic (exact) mass is 357 g/mol. The minimum absolute atomic E-state index is 0.0167. The Kier molecular flexibility index (Phi) is 6.64. The van der Waals surface area contributed by atoms with E-state index in [0.717, 1.165) is 23.4 Å². The molecule has 0 saturated heterocycles. The lowest BCUT2D eigenvalue weighted by Crippen LogP contribution is -2.14. The quantitative estimate of drug-likeness (QED) is 0.736. The van der Waals surface area contributed by atoms with Crippen LogP contribution in [0.25, 0.3) is 0 Å². The Hall–Kier alpha value is -1.14. The SMILES string of the molecule is CNCCCC(=O)Nc1ncc(Cc2cc(Cl)ccc2Cl)s1. The normalized spacial score (nSPS) is 10.7. The van der Waals surface area contributed by atoms with Crippen LogP contribution in [0.2, 0.25) is 10.0 Å². The minimum Gasteiger partial charge on any atom is -0.320 e. The Morgan fingerprint density at radius 1 is 1.36 bits per heavy atom. The lowest BCUT2D eigenvalue weighted by atomic mass is 10.1. The maximum absolute atomic E-state index is 11.7. The van der Waals surface area contributed by atoms with E-state index in [9.17, 15) is 4.79 Å². The maximum Gasteiger partial charge on any atom is 0.226 e. The van der Waals surface area contributed by atoms with Gasteiger partial charge in [-0.1, -0.05) is 23.2 Å². The molecule has 0 atom stereocenters. The van der Waals surface area contributed by atoms with Gasteiger partial charge in [-0.3, -0.25) is 4.79 Å². The van der Waals surface area contributed by atoms with Gasteiger partial charge in [-0.05, 0) is 43.8 Å². The van der Waals surface area contributed by atoms with Gasteiger partial charge in [0.05, 0.1) is 0 Å². The number of benzene rings is 1. The summed E-state index contributed by atoms with van der Waals surface area (Å²) in [6.07, 6.45) is 3.69. The number of hydrogen-bond donors (Lipinski definition) is 2. The maximum atomic E-state index is 11.7. The van der Waals surface area contributed by atoms with Gasteiger partial charge in [0.25, 0.3) is 0 Å². The van der Waals surface area contributed by atoms with Crippen molar-refractivity contribution in [2.24, 2.45) is 0 Å². The van der Waals surface area contributed by atoms with Crippen molar-refractivity contribution in [1.29, 1.82) is 0 Å². The summed E-state index contributed by atoms with van der Waals surface area (Å²) in [5, 5.41) is 7.77. The predicted octanol–water partition coefficient (Wildman–Crippen LogP) is 3.98. The standard InChI is InChI=1S/C15H17Cl2N3OS/c1-18-6-2-3-14(21)20-15-19-9-12(22-15)8-10-7-11(16)4-5-13(10)17/h4-5,7,9,18H,2-3,6,8H2,1H3,(H,19,20,21). The molecule has 0 bridgehead atoms. The zero-order valence-electron chi connectivity index (χ0n) is 12.2. The highest BCUT2D eigenvalue weighted by atomic mass is 35.5. The van der Waals surface area contributed by atoms with Crippen molar-refractivity contribution < 1.29 is 4.79 Å². The van der Waals surface area contributed by atoms with E-state index in [1.807, 2.05) is 13.1 Å². The lowest BCUT2D eigenvalue weighted by Gasteiger charge is -2.03. The minimum atomic E-state index is -0.0167. The summed E-state index contributed by atoms with van der Waals surface area (Å²) in [7, 11) is 1.87. The van der Waals surface area contributed by atoms with Crippen LogP contribution < -0.4 is 10.6 Å². The molecule has 0 aliphatic rings. The van der Waals surface area contributed by atoms with Gasteiger partial charge < -0.3 is 10.6 Å². The number of carbonyl (C=O) groups is 1. The average Bonchev–Trinajstić information content (AvgIpc) is 2.90. The third-order valence-electron chi connectivity index (χ3n) is 3.00. The van der Waals surface area contributed by atoms with E-state index >= 15 is 0 Å². The predicted molar refractivity (Wildman–Crippen MR) is 93.2 cm³/mol. The zero-order chi connectivity index (χ0) is 15.9. The molecular weight excluding hydrogens is 341 g/mol. The number of nitrogens with one attached hydrogen (secondary N) is 2. The summed E-state index contributed by atoms with van der Waals surface area (Å²) in [4.78, 5) is 17.0. The highest BCUT2D eigenvalue weighted by molar-refractivity contribution is 7.15. The Balaban J connectivity index is 1.94. The molecule has 4 nitrogen and oxygen atoms in total. The molecule has 2 N–H and O–H groups in total. The highest BCUT2D eigenvalue weighted by Gasteiger charge is 2.09. The van der Waals surface area contributed by atoms with Crippen molar-refractivity contribution in [1.82, 2.24) is 10.3 Å². The molecule has 0 saturated carbocycles. The third-order valence-corrected chi connectivity index (χ3v) is 4.52. The number of nitrogens with zero attached hydrogens (tertiary/aromatic N) is 1. The van der Waals surface area contributed by atoms with E-state index in [1.165, 1.54) is 11.3 Å². The molecule has 1 aromatic heterocycles. The molecule has 1 heterocycles. The Morgan fingerprint density at radius 2 is 2.18 bits per heavy atom. The van der Waals surface area contributed by atoms with Gasteiger partial charge in [0.15, 0.2) is 5.13 Å². The lowest BCUT2D eigenvalue weighted by molar-refractivity contribution is -0.116. The van der Waals surface area contributed by atoms with Crippen LogP contribution in [0.3, 0.4) is 0 Å². The number of carbonyl (C=O) groups excluding carboxylic acids is 1. The van der Waals surface area contributed by atoms with Crippen molar-refractivity contribution in [3.05, 3.63) is 44.9 Å². The molecule has 1 aromatic carbocycles. The molecular formula is C15H17Cl2N3OS. The van der Waals surface area contributed by atoms with Gasteiger partial charge in [0.1, 0.15) is 0 Å². The van der Waals surface area contributed by atoms with E-state index in [2.05, 4.69) is 15.6 Å². The van der Waals surface area contributed by atoms with Crippen LogP contribution in [0.15, 0.2) is 24.4 Å². The van der Waals surface area contributed by atoms with Gasteiger partial charge in [-0.25, -0.2) is 4.98 Å². The van der Waals surface area contributed by atoms with Gasteiger partial charge in [-0.2, -0.15) is 0 Å². The Labute approximate surface area is 143 Å². The molecule has 0 aliphatic heterocycles. The molecule has 118 valence electrons. The number of rotatable bonds is 7. The largest absolute Gasteiger partial charge is 0.320 e. The Bertz CT molecular complexity index is 645. The first-order valence-corrected chi connectivity index (χ1v) is 8.49. The topological polar surface area (TPSA) is 54.0 Å². The summed E-state index contributed by atoms with van der Waals surface area (Å²) in [5.74, 6) is -0.0167. The van der Waals surface area contributed by atoms with Crippen LogP contribution in [0.4, 0.5) is 5.13 Å². The fourth-order valence-corrected chi connectivity index (χ4v) is 3.15. The summed E-state index contributed by atoms with van der Waals surface area (Å²) in [6.45, 7) is 0.823. The first-order valence-electron chi connectivity index (χ1n) is 6.91. The van der Waals surface area contributed by atoms with Crippen molar-refractivity contribution in [2.45, 2.75) is 19.3 Å². The van der Waals surface area contributed by atoms with Crippen molar-refractivity contribution >= 4 is 45.6 Å². The summed E-state index contributed by atoms with van der Waals surface area (Å²) < 4.78 is 0. The Morgan fingerprint density at radius 3 is 2.95 bits per heavy atom. The second kappa shape index (κ2) is 8.48. The molecule has 0 radical (unpaired) electrons. The number of amides is 1. The molecule has 0 fully saturated rings. The summed E-state index contributed by atoms with van der Waals surface area (Å²) >= 11 is 13.6. The van der Waals surface area contributed by atoms with E-state index in [-0.39, 0.29) is 5.91 Å². The summed E-state index contributed by atoms with van der Waals surface area (Å²) in [6, 6.07) is 5.39. The second-order valence-electron chi connectivity index (χ2n) is 4.80. The number of anilines is 1. The molecule has 1 amide bonds. The molecule has 0 spiro atoms. The third kappa shape index (κ3) is 5.25. The van der Waals surface area contributed by atoms with E-state index in [0.29, 0.717) is 28.0 Å². The number of hydrogen-bond acceptors (Lipinski definition) is 4. The molecule has 0 unspecified atom stereocenters. The number of halogens is 2. The average molecular weight is 358 g/mol.